The van der Waals surface area contributed by atoms with Crippen molar-refractivity contribution in [3.8, 4) is 0 Å². The molecule has 5 heteroatoms. The van der Waals surface area contributed by atoms with Gasteiger partial charge in [0.05, 0.1) is 0 Å². The highest BCUT2D eigenvalue weighted by Gasteiger charge is 2.47. The molecule has 2 nitrogen and oxygen atoms in total. The summed E-state index contributed by atoms with van der Waals surface area (Å²) in [5.74, 6) is 0.453. The van der Waals surface area contributed by atoms with E-state index in [0.29, 0.717) is 25.4 Å². The minimum absolute atomic E-state index is 0.353. The van der Waals surface area contributed by atoms with Crippen LogP contribution >= 0.6 is 0 Å². The first-order chi connectivity index (χ1) is 7.40. The lowest BCUT2D eigenvalue weighted by Gasteiger charge is -2.35. The molecule has 0 aromatic rings. The van der Waals surface area contributed by atoms with E-state index in [9.17, 15) is 13.2 Å². The van der Waals surface area contributed by atoms with Crippen molar-refractivity contribution in [3.63, 3.8) is 0 Å². The molecule has 0 aromatic carbocycles. The molecule has 0 saturated heterocycles. The van der Waals surface area contributed by atoms with Crippen molar-refractivity contribution >= 4 is 0 Å². The average Bonchev–Trinajstić information content (AvgIpc) is 2.98. The van der Waals surface area contributed by atoms with E-state index in [2.05, 4.69) is 0 Å². The molecule has 1 saturated carbocycles. The zero-order chi connectivity index (χ0) is 12.3. The van der Waals surface area contributed by atoms with Gasteiger partial charge in [-0.25, -0.2) is 0 Å². The van der Waals surface area contributed by atoms with Crippen LogP contribution in [-0.4, -0.2) is 36.2 Å². The minimum atomic E-state index is -4.22. The summed E-state index contributed by atoms with van der Waals surface area (Å²) in [5, 5.41) is 0. The van der Waals surface area contributed by atoms with Crippen molar-refractivity contribution in [2.75, 3.05) is 13.1 Å². The highest BCUT2D eigenvalue weighted by molar-refractivity contribution is 4.90. The standard InChI is InChI=1S/C11H21F3N2/c1-3-9(15)10(11(12,13)14)16(4-2)7-8-5-6-8/h8-10H,3-7,15H2,1-2H3. The average molecular weight is 238 g/mol. The first-order valence-electron chi connectivity index (χ1n) is 5.96. The van der Waals surface area contributed by atoms with Gasteiger partial charge in [0.25, 0.3) is 0 Å². The van der Waals surface area contributed by atoms with Crippen molar-refractivity contribution < 1.29 is 13.2 Å². The van der Waals surface area contributed by atoms with Gasteiger partial charge < -0.3 is 5.73 Å². The first-order valence-corrected chi connectivity index (χ1v) is 5.96. The fourth-order valence-electron chi connectivity index (χ4n) is 2.02. The molecule has 0 heterocycles. The van der Waals surface area contributed by atoms with E-state index in [1.807, 2.05) is 0 Å². The molecular weight excluding hydrogens is 217 g/mol. The van der Waals surface area contributed by atoms with E-state index in [4.69, 9.17) is 5.73 Å². The number of likely N-dealkylation sites (N-methyl/N-ethyl adjacent to an activating group) is 1. The Morgan fingerprint density at radius 3 is 2.19 bits per heavy atom. The predicted molar refractivity (Wildman–Crippen MR) is 58.1 cm³/mol. The van der Waals surface area contributed by atoms with Gasteiger partial charge in [-0.2, -0.15) is 13.2 Å². The lowest BCUT2D eigenvalue weighted by molar-refractivity contribution is -0.189. The molecular formula is C11H21F3N2. The van der Waals surface area contributed by atoms with Crippen LogP contribution in [0.3, 0.4) is 0 Å². The molecule has 2 unspecified atom stereocenters. The van der Waals surface area contributed by atoms with E-state index in [1.54, 1.807) is 13.8 Å². The Bertz CT molecular complexity index is 214. The Balaban J connectivity index is 2.70. The molecule has 0 aromatic heterocycles. The lowest BCUT2D eigenvalue weighted by atomic mass is 10.0. The minimum Gasteiger partial charge on any atom is -0.326 e. The highest BCUT2D eigenvalue weighted by Crippen LogP contribution is 2.34. The second-order valence-electron chi connectivity index (χ2n) is 4.59. The molecule has 0 bridgehead atoms. The first kappa shape index (κ1) is 13.8. The lowest BCUT2D eigenvalue weighted by Crippen LogP contribution is -2.56. The van der Waals surface area contributed by atoms with Gasteiger partial charge in [0.15, 0.2) is 0 Å². The fraction of sp³-hybridized carbons (Fsp3) is 1.00. The maximum Gasteiger partial charge on any atom is 0.405 e. The van der Waals surface area contributed by atoms with E-state index < -0.39 is 18.3 Å². The second kappa shape index (κ2) is 5.36. The summed E-state index contributed by atoms with van der Waals surface area (Å²) in [6.45, 7) is 4.42. The largest absolute Gasteiger partial charge is 0.405 e. The van der Waals surface area contributed by atoms with Crippen LogP contribution in [0.2, 0.25) is 0 Å². The van der Waals surface area contributed by atoms with Crippen LogP contribution in [0.15, 0.2) is 0 Å². The van der Waals surface area contributed by atoms with Crippen LogP contribution < -0.4 is 5.73 Å². The van der Waals surface area contributed by atoms with Gasteiger partial charge in [-0.15, -0.1) is 0 Å². The van der Waals surface area contributed by atoms with Crippen LogP contribution in [0.1, 0.15) is 33.1 Å². The van der Waals surface area contributed by atoms with E-state index >= 15 is 0 Å². The topological polar surface area (TPSA) is 29.3 Å². The molecule has 2 atom stereocenters. The number of nitrogens with two attached hydrogens (primary N) is 1. The van der Waals surface area contributed by atoms with E-state index in [1.165, 1.54) is 4.90 Å². The van der Waals surface area contributed by atoms with Crippen molar-refractivity contribution in [2.24, 2.45) is 11.7 Å². The van der Waals surface area contributed by atoms with E-state index in [0.717, 1.165) is 12.8 Å². The monoisotopic (exact) mass is 238 g/mol. The van der Waals surface area contributed by atoms with Crippen LogP contribution in [0.5, 0.6) is 0 Å². The third kappa shape index (κ3) is 3.63. The Kier molecular flexibility index (Phi) is 4.62. The number of nitrogens with zero attached hydrogens (tertiary/aromatic N) is 1. The maximum absolute atomic E-state index is 12.9. The second-order valence-corrected chi connectivity index (χ2v) is 4.59. The maximum atomic E-state index is 12.9. The smallest absolute Gasteiger partial charge is 0.326 e. The van der Waals surface area contributed by atoms with Gasteiger partial charge in [0.2, 0.25) is 0 Å². The molecule has 96 valence electrons. The van der Waals surface area contributed by atoms with Crippen LogP contribution in [-0.2, 0) is 0 Å². The van der Waals surface area contributed by atoms with Gasteiger partial charge in [-0.1, -0.05) is 13.8 Å². The SMILES string of the molecule is CCC(N)C(N(CC)CC1CC1)C(F)(F)F. The summed E-state index contributed by atoms with van der Waals surface area (Å²) in [4.78, 5) is 1.49. The summed E-state index contributed by atoms with van der Waals surface area (Å²) in [5.41, 5.74) is 5.61. The molecule has 1 fully saturated rings. The molecule has 0 radical (unpaired) electrons. The van der Waals surface area contributed by atoms with Crippen molar-refractivity contribution in [2.45, 2.75) is 51.4 Å². The Morgan fingerprint density at radius 1 is 1.31 bits per heavy atom. The zero-order valence-corrected chi connectivity index (χ0v) is 9.93. The molecule has 0 amide bonds. The molecule has 0 aliphatic heterocycles. The van der Waals surface area contributed by atoms with Crippen molar-refractivity contribution in [1.82, 2.24) is 4.90 Å². The Hall–Kier alpha value is -0.290. The fourth-order valence-corrected chi connectivity index (χ4v) is 2.02. The predicted octanol–water partition coefficient (Wildman–Crippen LogP) is 2.39. The summed E-state index contributed by atoms with van der Waals surface area (Å²) in [7, 11) is 0. The van der Waals surface area contributed by atoms with Gasteiger partial charge >= 0.3 is 6.18 Å². The summed E-state index contributed by atoms with van der Waals surface area (Å²) in [6, 6.07) is -2.30. The normalized spacial score (nSPS) is 21.2. The highest BCUT2D eigenvalue weighted by atomic mass is 19.4. The van der Waals surface area contributed by atoms with Crippen LogP contribution in [0.25, 0.3) is 0 Å². The van der Waals surface area contributed by atoms with Crippen molar-refractivity contribution in [3.05, 3.63) is 0 Å². The summed E-state index contributed by atoms with van der Waals surface area (Å²) < 4.78 is 38.8. The third-order valence-corrected chi connectivity index (χ3v) is 3.20. The van der Waals surface area contributed by atoms with Gasteiger partial charge in [0.1, 0.15) is 6.04 Å². The summed E-state index contributed by atoms with van der Waals surface area (Å²) in [6.07, 6.45) is -1.75. The quantitative estimate of drug-likeness (QED) is 0.770. The van der Waals surface area contributed by atoms with Gasteiger partial charge in [0, 0.05) is 12.6 Å². The molecule has 2 N–H and O–H groups in total. The number of hydrogen-bond acceptors (Lipinski definition) is 2. The molecule has 1 aliphatic carbocycles. The van der Waals surface area contributed by atoms with Crippen LogP contribution in [0.4, 0.5) is 13.2 Å². The number of rotatable bonds is 6. The number of hydrogen-bond donors (Lipinski definition) is 1. The Morgan fingerprint density at radius 2 is 1.88 bits per heavy atom. The Labute approximate surface area is 95.0 Å². The van der Waals surface area contributed by atoms with Crippen LogP contribution in [0, 0.1) is 5.92 Å². The number of halogens is 3. The van der Waals surface area contributed by atoms with Crippen molar-refractivity contribution in [1.29, 1.82) is 0 Å². The van der Waals surface area contributed by atoms with E-state index in [-0.39, 0.29) is 0 Å². The van der Waals surface area contributed by atoms with Gasteiger partial charge in [-0.3, -0.25) is 4.90 Å². The summed E-state index contributed by atoms with van der Waals surface area (Å²) >= 11 is 0. The van der Waals surface area contributed by atoms with Gasteiger partial charge in [-0.05, 0) is 31.7 Å². The molecule has 1 aliphatic rings. The third-order valence-electron chi connectivity index (χ3n) is 3.20. The zero-order valence-electron chi connectivity index (χ0n) is 9.93. The molecule has 1 rings (SSSR count). The molecule has 0 spiro atoms. The molecule has 16 heavy (non-hydrogen) atoms. The number of alkyl halides is 3.